The number of nitrogens with zero attached hydrogens (tertiary/aromatic N) is 1. The average molecular weight is 373 g/mol. The fraction of sp³-hybridized carbons (Fsp3) is 0.182. The number of carbonyl (C=O) groups is 1. The second kappa shape index (κ2) is 6.88. The molecule has 2 N–H and O–H groups in total. The Morgan fingerprint density at radius 3 is 2.79 bits per heavy atom. The molecule has 4 heterocycles. The van der Waals surface area contributed by atoms with E-state index in [9.17, 15) is 4.79 Å². The number of aromatic nitrogens is 2. The van der Waals surface area contributed by atoms with Crippen molar-refractivity contribution in [1.82, 2.24) is 15.3 Å². The van der Waals surface area contributed by atoms with Gasteiger partial charge in [0.15, 0.2) is 11.5 Å². The molecule has 6 heteroatoms. The van der Waals surface area contributed by atoms with Gasteiger partial charge in [0.05, 0.1) is 11.3 Å². The van der Waals surface area contributed by atoms with Gasteiger partial charge in [-0.05, 0) is 42.0 Å². The predicted molar refractivity (Wildman–Crippen MR) is 106 cm³/mol. The monoisotopic (exact) mass is 373 g/mol. The van der Waals surface area contributed by atoms with Gasteiger partial charge in [0.1, 0.15) is 13.2 Å². The number of rotatable bonds is 3. The van der Waals surface area contributed by atoms with Crippen LogP contribution in [0, 0.1) is 0 Å². The molecule has 0 fully saturated rings. The summed E-state index contributed by atoms with van der Waals surface area (Å²) in [5.41, 5.74) is 5.50. The van der Waals surface area contributed by atoms with Crippen LogP contribution in [0.25, 0.3) is 23.4 Å². The summed E-state index contributed by atoms with van der Waals surface area (Å²) in [6, 6.07) is 11.7. The molecule has 0 spiro atoms. The Morgan fingerprint density at radius 1 is 1.00 bits per heavy atom. The van der Waals surface area contributed by atoms with E-state index in [-0.39, 0.29) is 5.91 Å². The molecular weight excluding hydrogens is 354 g/mol. The summed E-state index contributed by atoms with van der Waals surface area (Å²) in [4.78, 5) is 19.8. The van der Waals surface area contributed by atoms with E-state index in [1.54, 1.807) is 6.20 Å². The second-order valence-corrected chi connectivity index (χ2v) is 6.79. The molecule has 3 aromatic rings. The number of H-pyrrole nitrogens is 1. The number of carbonyl (C=O) groups excluding carboxylic acids is 1. The first kappa shape index (κ1) is 16.6. The molecule has 0 aliphatic carbocycles. The quantitative estimate of drug-likeness (QED) is 0.739. The Balaban J connectivity index is 1.40. The minimum atomic E-state index is -0.0171. The summed E-state index contributed by atoms with van der Waals surface area (Å²) in [6.07, 6.45) is 6.56. The molecular formula is C22H19N3O3. The van der Waals surface area contributed by atoms with Gasteiger partial charge in [0, 0.05) is 36.1 Å². The van der Waals surface area contributed by atoms with Gasteiger partial charge >= 0.3 is 0 Å². The summed E-state index contributed by atoms with van der Waals surface area (Å²) in [5, 5.41) is 2.87. The Hall–Kier alpha value is -3.54. The average Bonchev–Trinajstić information content (AvgIpc) is 3.18. The van der Waals surface area contributed by atoms with Crippen LogP contribution in [0.5, 0.6) is 11.5 Å². The van der Waals surface area contributed by atoms with Crippen molar-refractivity contribution in [3.05, 3.63) is 65.1 Å². The fourth-order valence-corrected chi connectivity index (χ4v) is 3.50. The van der Waals surface area contributed by atoms with E-state index in [0.29, 0.717) is 19.8 Å². The van der Waals surface area contributed by atoms with Gasteiger partial charge in [0.25, 0.3) is 5.91 Å². The zero-order chi connectivity index (χ0) is 18.9. The lowest BCUT2D eigenvalue weighted by Gasteiger charge is -2.18. The molecule has 0 radical (unpaired) electrons. The second-order valence-electron chi connectivity index (χ2n) is 6.79. The van der Waals surface area contributed by atoms with Crippen molar-refractivity contribution >= 4 is 18.1 Å². The SMILES string of the molecule is O=C1NCCc2[nH]c(-c3ccnc(/C=C\c4ccc5c(c4)OCCO5)c3)cc21. The van der Waals surface area contributed by atoms with Crippen molar-refractivity contribution in [2.45, 2.75) is 6.42 Å². The van der Waals surface area contributed by atoms with Crippen LogP contribution in [0.15, 0.2) is 42.6 Å². The maximum atomic E-state index is 12.0. The lowest BCUT2D eigenvalue weighted by Crippen LogP contribution is -2.31. The van der Waals surface area contributed by atoms with E-state index >= 15 is 0 Å². The molecule has 6 nitrogen and oxygen atoms in total. The van der Waals surface area contributed by atoms with E-state index in [0.717, 1.165) is 51.7 Å². The Labute approximate surface area is 162 Å². The third-order valence-electron chi connectivity index (χ3n) is 4.91. The Kier molecular flexibility index (Phi) is 4.09. The fourth-order valence-electron chi connectivity index (χ4n) is 3.50. The lowest BCUT2D eigenvalue weighted by molar-refractivity contribution is 0.0946. The molecule has 0 unspecified atom stereocenters. The summed E-state index contributed by atoms with van der Waals surface area (Å²) in [5.74, 6) is 1.53. The summed E-state index contributed by atoms with van der Waals surface area (Å²) < 4.78 is 11.2. The van der Waals surface area contributed by atoms with Crippen molar-refractivity contribution in [1.29, 1.82) is 0 Å². The van der Waals surface area contributed by atoms with E-state index in [1.165, 1.54) is 0 Å². The number of hydrogen-bond acceptors (Lipinski definition) is 4. The number of ether oxygens (including phenoxy) is 2. The van der Waals surface area contributed by atoms with Crippen LogP contribution in [-0.2, 0) is 6.42 Å². The molecule has 140 valence electrons. The van der Waals surface area contributed by atoms with Gasteiger partial charge in [0.2, 0.25) is 0 Å². The van der Waals surface area contributed by atoms with Crippen molar-refractivity contribution in [2.24, 2.45) is 0 Å². The molecule has 2 aliphatic rings. The topological polar surface area (TPSA) is 76.2 Å². The highest BCUT2D eigenvalue weighted by Gasteiger charge is 2.20. The van der Waals surface area contributed by atoms with Crippen molar-refractivity contribution in [2.75, 3.05) is 19.8 Å². The first-order chi connectivity index (χ1) is 13.8. The predicted octanol–water partition coefficient (Wildman–Crippen LogP) is 3.30. The molecule has 2 aromatic heterocycles. The third-order valence-corrected chi connectivity index (χ3v) is 4.91. The minimum Gasteiger partial charge on any atom is -0.486 e. The van der Waals surface area contributed by atoms with Crippen LogP contribution in [0.1, 0.15) is 27.3 Å². The van der Waals surface area contributed by atoms with E-state index in [1.807, 2.05) is 48.6 Å². The van der Waals surface area contributed by atoms with Gasteiger partial charge in [-0.25, -0.2) is 0 Å². The molecule has 0 atom stereocenters. The highest BCUT2D eigenvalue weighted by Crippen LogP contribution is 2.31. The van der Waals surface area contributed by atoms with Gasteiger partial charge in [-0.15, -0.1) is 0 Å². The number of pyridine rings is 1. The van der Waals surface area contributed by atoms with Gasteiger partial charge < -0.3 is 19.8 Å². The lowest BCUT2D eigenvalue weighted by atomic mass is 10.1. The van der Waals surface area contributed by atoms with Gasteiger partial charge in [-0.3, -0.25) is 9.78 Å². The largest absolute Gasteiger partial charge is 0.486 e. The third kappa shape index (κ3) is 3.13. The summed E-state index contributed by atoms with van der Waals surface area (Å²) >= 11 is 0. The van der Waals surface area contributed by atoms with Crippen LogP contribution in [0.4, 0.5) is 0 Å². The van der Waals surface area contributed by atoms with Crippen molar-refractivity contribution in [3.63, 3.8) is 0 Å². The van der Waals surface area contributed by atoms with E-state index in [2.05, 4.69) is 15.3 Å². The van der Waals surface area contributed by atoms with Gasteiger partial charge in [-0.2, -0.15) is 0 Å². The van der Waals surface area contributed by atoms with Crippen LogP contribution < -0.4 is 14.8 Å². The molecule has 1 amide bonds. The number of aromatic amines is 1. The highest BCUT2D eigenvalue weighted by atomic mass is 16.6. The Morgan fingerprint density at radius 2 is 1.89 bits per heavy atom. The maximum Gasteiger partial charge on any atom is 0.253 e. The van der Waals surface area contributed by atoms with Crippen molar-refractivity contribution < 1.29 is 14.3 Å². The molecule has 0 saturated heterocycles. The van der Waals surface area contributed by atoms with Crippen LogP contribution in [-0.4, -0.2) is 35.6 Å². The molecule has 5 rings (SSSR count). The zero-order valence-corrected chi connectivity index (χ0v) is 15.2. The van der Waals surface area contributed by atoms with E-state index < -0.39 is 0 Å². The number of fused-ring (bicyclic) bond motifs is 2. The molecule has 0 bridgehead atoms. The zero-order valence-electron chi connectivity index (χ0n) is 15.2. The highest BCUT2D eigenvalue weighted by molar-refractivity contribution is 5.97. The first-order valence-corrected chi connectivity index (χ1v) is 9.30. The Bertz CT molecular complexity index is 1080. The smallest absolute Gasteiger partial charge is 0.253 e. The standard InChI is InChI=1S/C22H19N3O3/c26-22-17-13-19(25-18(17)6-8-24-22)15-5-7-23-16(12-15)3-1-14-2-4-20-21(11-14)28-10-9-27-20/h1-5,7,11-13,25H,6,8-10H2,(H,24,26)/b3-1-. The number of benzene rings is 1. The normalized spacial score (nSPS) is 15.4. The van der Waals surface area contributed by atoms with Gasteiger partial charge in [-0.1, -0.05) is 12.1 Å². The first-order valence-electron chi connectivity index (χ1n) is 9.30. The molecule has 2 aliphatic heterocycles. The number of nitrogens with one attached hydrogen (secondary N) is 2. The summed E-state index contributed by atoms with van der Waals surface area (Å²) in [7, 11) is 0. The number of hydrogen-bond donors (Lipinski definition) is 2. The molecule has 1 aromatic carbocycles. The number of amides is 1. The van der Waals surface area contributed by atoms with Crippen LogP contribution in [0.3, 0.4) is 0 Å². The molecule has 28 heavy (non-hydrogen) atoms. The molecule has 0 saturated carbocycles. The van der Waals surface area contributed by atoms with Crippen LogP contribution >= 0.6 is 0 Å². The maximum absolute atomic E-state index is 12.0. The summed E-state index contributed by atoms with van der Waals surface area (Å²) in [6.45, 7) is 1.83. The minimum absolute atomic E-state index is 0.0171. The van der Waals surface area contributed by atoms with Crippen molar-refractivity contribution in [3.8, 4) is 22.8 Å². The van der Waals surface area contributed by atoms with Crippen LogP contribution in [0.2, 0.25) is 0 Å². The van der Waals surface area contributed by atoms with E-state index in [4.69, 9.17) is 9.47 Å².